The molecule has 5 aromatic rings. The zero-order valence-electron chi connectivity index (χ0n) is 24.2. The monoisotopic (exact) mass is 860 g/mol. The summed E-state index contributed by atoms with van der Waals surface area (Å²) in [4.78, 5) is 33.1. The third-order valence-corrected chi connectivity index (χ3v) is 9.59. The van der Waals surface area contributed by atoms with Crippen LogP contribution < -0.4 is 19.6 Å². The number of rotatable bonds is 8. The van der Waals surface area contributed by atoms with Gasteiger partial charge < -0.3 is 9.47 Å². The van der Waals surface area contributed by atoms with Gasteiger partial charge in [0.2, 0.25) is 0 Å². The second kappa shape index (κ2) is 14.0. The van der Waals surface area contributed by atoms with Crippen molar-refractivity contribution in [2.75, 3.05) is 6.61 Å². The molecule has 6 rings (SSSR count). The maximum atomic E-state index is 14.3. The van der Waals surface area contributed by atoms with Gasteiger partial charge in [0.1, 0.15) is 24.0 Å². The number of carbonyl (C=O) groups is 1. The lowest BCUT2D eigenvalue weighted by Crippen LogP contribution is -2.40. The second-order valence-electron chi connectivity index (χ2n) is 10.2. The first-order chi connectivity index (χ1) is 22.2. The summed E-state index contributed by atoms with van der Waals surface area (Å²) in [5.41, 5.74) is 2.88. The fraction of sp³-hybridized carbons (Fsp3) is 0.114. The number of benzene rings is 4. The minimum Gasteiger partial charge on any atom is -0.487 e. The van der Waals surface area contributed by atoms with Crippen molar-refractivity contribution in [2.45, 2.75) is 19.6 Å². The molecule has 0 bridgehead atoms. The van der Waals surface area contributed by atoms with E-state index in [0.29, 0.717) is 37.5 Å². The quantitative estimate of drug-likeness (QED) is 0.125. The molecule has 46 heavy (non-hydrogen) atoms. The minimum atomic E-state index is -0.918. The lowest BCUT2D eigenvalue weighted by atomic mass is 9.93. The standard InChI is InChI=1S/C35H24F2I2N2O4S/c1-2-44-34(43)29-30(21-6-4-3-5-7-21)40-35-41(31(29)22-10-14-25(37)15-11-22)33(42)28(46-35)17-23-16-26(38)18-27(39)32(23)45-19-20-8-12-24(36)13-9-20/h3-18,31H,2,19H2,1H3/b28-17-/t31-/m0/s1. The smallest absolute Gasteiger partial charge is 0.338 e. The predicted molar refractivity (Wildman–Crippen MR) is 190 cm³/mol. The Kier molecular flexibility index (Phi) is 9.80. The highest BCUT2D eigenvalue weighted by molar-refractivity contribution is 14.1. The Bertz CT molecular complexity index is 2150. The number of halogens is 4. The summed E-state index contributed by atoms with van der Waals surface area (Å²) in [5.74, 6) is -0.813. The zero-order chi connectivity index (χ0) is 32.4. The van der Waals surface area contributed by atoms with Crippen molar-refractivity contribution in [1.82, 2.24) is 4.57 Å². The van der Waals surface area contributed by atoms with E-state index in [1.165, 1.54) is 40.2 Å². The van der Waals surface area contributed by atoms with E-state index in [0.717, 1.165) is 12.7 Å². The first-order valence-corrected chi connectivity index (χ1v) is 17.1. The summed E-state index contributed by atoms with van der Waals surface area (Å²) in [5, 5.41) is 0. The van der Waals surface area contributed by atoms with Gasteiger partial charge in [0.15, 0.2) is 4.80 Å². The van der Waals surface area contributed by atoms with Crippen LogP contribution in [0.1, 0.15) is 35.2 Å². The molecule has 0 aliphatic carbocycles. The number of ether oxygens (including phenoxy) is 2. The van der Waals surface area contributed by atoms with Crippen LogP contribution in [0.2, 0.25) is 0 Å². The van der Waals surface area contributed by atoms with Gasteiger partial charge in [-0.2, -0.15) is 0 Å². The average molecular weight is 860 g/mol. The molecule has 1 atom stereocenters. The molecule has 1 aliphatic heterocycles. The van der Waals surface area contributed by atoms with E-state index in [4.69, 9.17) is 14.5 Å². The summed E-state index contributed by atoms with van der Waals surface area (Å²) >= 11 is 5.59. The van der Waals surface area contributed by atoms with Gasteiger partial charge in [0, 0.05) is 14.7 Å². The first-order valence-electron chi connectivity index (χ1n) is 14.1. The van der Waals surface area contributed by atoms with E-state index in [2.05, 4.69) is 45.2 Å². The molecule has 1 aliphatic rings. The lowest BCUT2D eigenvalue weighted by Gasteiger charge is -2.25. The third-order valence-electron chi connectivity index (χ3n) is 7.18. The van der Waals surface area contributed by atoms with Crippen molar-refractivity contribution in [3.05, 3.63) is 157 Å². The van der Waals surface area contributed by atoms with Crippen molar-refractivity contribution >= 4 is 74.3 Å². The van der Waals surface area contributed by atoms with Crippen molar-refractivity contribution in [2.24, 2.45) is 4.99 Å². The molecule has 2 heterocycles. The van der Waals surface area contributed by atoms with E-state index >= 15 is 0 Å². The van der Waals surface area contributed by atoms with Crippen molar-refractivity contribution in [3.63, 3.8) is 0 Å². The molecule has 0 saturated carbocycles. The van der Waals surface area contributed by atoms with E-state index in [1.54, 1.807) is 37.3 Å². The molecule has 0 radical (unpaired) electrons. The molecule has 0 N–H and O–H groups in total. The summed E-state index contributed by atoms with van der Waals surface area (Å²) in [6.07, 6.45) is 1.76. The van der Waals surface area contributed by atoms with Crippen molar-refractivity contribution in [1.29, 1.82) is 0 Å². The fourth-order valence-corrected chi connectivity index (χ4v) is 8.16. The highest BCUT2D eigenvalue weighted by Gasteiger charge is 2.35. The number of hydrogen-bond donors (Lipinski definition) is 0. The highest BCUT2D eigenvalue weighted by atomic mass is 127. The van der Waals surface area contributed by atoms with Crippen LogP contribution in [-0.2, 0) is 16.1 Å². The normalized spacial score (nSPS) is 14.5. The number of thiazole rings is 1. The van der Waals surface area contributed by atoms with Crippen LogP contribution in [0.4, 0.5) is 8.78 Å². The van der Waals surface area contributed by atoms with Crippen LogP contribution >= 0.6 is 56.5 Å². The highest BCUT2D eigenvalue weighted by Crippen LogP contribution is 2.35. The molecule has 11 heteroatoms. The number of hydrogen-bond acceptors (Lipinski definition) is 6. The molecule has 6 nitrogen and oxygen atoms in total. The largest absolute Gasteiger partial charge is 0.487 e. The number of nitrogens with zero attached hydrogens (tertiary/aromatic N) is 2. The molecule has 0 spiro atoms. The minimum absolute atomic E-state index is 0.122. The lowest BCUT2D eigenvalue weighted by molar-refractivity contribution is -0.138. The average Bonchev–Trinajstić information content (AvgIpc) is 3.35. The van der Waals surface area contributed by atoms with Crippen LogP contribution in [0.3, 0.4) is 0 Å². The summed E-state index contributed by atoms with van der Waals surface area (Å²) in [6, 6.07) is 24.0. The summed E-state index contributed by atoms with van der Waals surface area (Å²) in [6.45, 7) is 2.03. The molecule has 0 saturated heterocycles. The van der Waals surface area contributed by atoms with Gasteiger partial charge in [0.25, 0.3) is 5.56 Å². The van der Waals surface area contributed by atoms with Gasteiger partial charge in [-0.15, -0.1) is 0 Å². The predicted octanol–water partition coefficient (Wildman–Crippen LogP) is 7.00. The number of esters is 1. The third kappa shape index (κ3) is 6.72. The molecule has 0 unspecified atom stereocenters. The van der Waals surface area contributed by atoms with Crippen molar-refractivity contribution in [3.8, 4) is 5.75 Å². The van der Waals surface area contributed by atoms with E-state index < -0.39 is 17.8 Å². The van der Waals surface area contributed by atoms with Crippen molar-refractivity contribution < 1.29 is 23.0 Å². The maximum absolute atomic E-state index is 14.3. The molecule has 232 valence electrons. The zero-order valence-corrected chi connectivity index (χ0v) is 29.3. The number of carbonyl (C=O) groups excluding carboxylic acids is 1. The van der Waals surface area contributed by atoms with Crippen LogP contribution in [0.25, 0.3) is 11.8 Å². The van der Waals surface area contributed by atoms with Gasteiger partial charge in [-0.1, -0.05) is 65.9 Å². The van der Waals surface area contributed by atoms with Gasteiger partial charge in [-0.25, -0.2) is 18.6 Å². The fourth-order valence-electron chi connectivity index (χ4n) is 5.12. The Labute approximate surface area is 294 Å². The van der Waals surface area contributed by atoms with E-state index in [-0.39, 0.29) is 30.2 Å². The van der Waals surface area contributed by atoms with Gasteiger partial charge in [-0.3, -0.25) is 9.36 Å². The van der Waals surface area contributed by atoms with Crippen LogP contribution in [0.5, 0.6) is 5.75 Å². The summed E-state index contributed by atoms with van der Waals surface area (Å²) < 4.78 is 42.8. The molecule has 0 fully saturated rings. The summed E-state index contributed by atoms with van der Waals surface area (Å²) in [7, 11) is 0. The van der Waals surface area contributed by atoms with E-state index in [9.17, 15) is 18.4 Å². The molecule has 4 aromatic carbocycles. The Balaban J connectivity index is 1.55. The maximum Gasteiger partial charge on any atom is 0.338 e. The Morgan fingerprint density at radius 3 is 2.33 bits per heavy atom. The Hall–Kier alpha value is -3.69. The van der Waals surface area contributed by atoms with E-state index in [1.807, 2.05) is 42.5 Å². The van der Waals surface area contributed by atoms with Crippen LogP contribution in [0.15, 0.2) is 106 Å². The van der Waals surface area contributed by atoms with Crippen LogP contribution in [0, 0.1) is 18.8 Å². The SMILES string of the molecule is CCOC(=O)C1=C(c2ccccc2)N=c2s/c(=C\c3cc(I)cc(I)c3OCc3ccc(F)cc3)c(=O)n2[C@H]1c1ccc(F)cc1. The topological polar surface area (TPSA) is 69.9 Å². The molecule has 0 amide bonds. The number of aromatic nitrogens is 1. The first kappa shape index (κ1) is 32.3. The molecular formula is C35H24F2I2N2O4S. The van der Waals surface area contributed by atoms with Gasteiger partial charge in [-0.05, 0) is 106 Å². The van der Waals surface area contributed by atoms with Gasteiger partial charge in [0.05, 0.1) is 32.0 Å². The Morgan fingerprint density at radius 2 is 1.65 bits per heavy atom. The molecular weight excluding hydrogens is 836 g/mol. The second-order valence-corrected chi connectivity index (χ2v) is 13.6. The Morgan fingerprint density at radius 1 is 0.978 bits per heavy atom. The van der Waals surface area contributed by atoms with Gasteiger partial charge >= 0.3 is 5.97 Å². The molecule has 1 aromatic heterocycles. The van der Waals surface area contributed by atoms with Crippen LogP contribution in [-0.4, -0.2) is 17.1 Å². The number of fused-ring (bicyclic) bond motifs is 1.